The number of ketones is 1. The van der Waals surface area contributed by atoms with E-state index in [4.69, 9.17) is 11.6 Å². The maximum absolute atomic E-state index is 13.7. The lowest BCUT2D eigenvalue weighted by Gasteiger charge is -2.39. The van der Waals surface area contributed by atoms with Crippen molar-refractivity contribution in [1.82, 2.24) is 25.6 Å². The molecule has 0 radical (unpaired) electrons. The molecule has 202 valence electrons. The second-order valence-corrected chi connectivity index (χ2v) is 12.0. The molecule has 1 atom stereocenters. The Morgan fingerprint density at radius 1 is 1.13 bits per heavy atom. The molecule has 0 saturated heterocycles. The zero-order valence-electron chi connectivity index (χ0n) is 23.0. The Balaban J connectivity index is 1.39. The molecule has 1 aromatic heterocycles. The Labute approximate surface area is 234 Å². The van der Waals surface area contributed by atoms with Crippen molar-refractivity contribution in [2.75, 3.05) is 0 Å². The molecule has 7 nitrogen and oxygen atoms in total. The van der Waals surface area contributed by atoms with Crippen LogP contribution in [0.1, 0.15) is 76.1 Å². The van der Waals surface area contributed by atoms with Gasteiger partial charge < -0.3 is 10.6 Å². The van der Waals surface area contributed by atoms with Crippen molar-refractivity contribution in [3.63, 3.8) is 0 Å². The molecule has 2 aromatic carbocycles. The molecule has 1 amide bonds. The zero-order valence-corrected chi connectivity index (χ0v) is 23.8. The van der Waals surface area contributed by atoms with E-state index in [1.165, 1.54) is 5.56 Å². The van der Waals surface area contributed by atoms with Gasteiger partial charge in [-0.25, -0.2) is 4.68 Å². The molecule has 2 N–H and O–H groups in total. The standard InChI is InChI=1S/C31H34ClN5O2/c1-18(2)20-8-12-24(13-9-20)37-17-23(35-36-37)16-33-30(39)27-19(3)34-25-14-31(4,5)15-26(38)29(25)28(27)21-6-10-22(32)11-7-21/h6-13,17-18,28,34H,14-16H2,1-5H3,(H,33,39). The average molecular weight is 544 g/mol. The molecule has 1 aliphatic carbocycles. The van der Waals surface area contributed by atoms with Crippen molar-refractivity contribution >= 4 is 23.3 Å². The summed E-state index contributed by atoms with van der Waals surface area (Å²) in [5.74, 6) is -0.207. The summed E-state index contributed by atoms with van der Waals surface area (Å²) < 4.78 is 1.70. The fourth-order valence-corrected chi connectivity index (χ4v) is 5.64. The van der Waals surface area contributed by atoms with Crippen LogP contribution < -0.4 is 10.6 Å². The highest BCUT2D eigenvalue weighted by Crippen LogP contribution is 2.46. The van der Waals surface area contributed by atoms with Gasteiger partial charge in [-0.1, -0.05) is 68.8 Å². The Bertz CT molecular complexity index is 1480. The fourth-order valence-electron chi connectivity index (χ4n) is 5.51. The number of carbonyl (C=O) groups is 2. The van der Waals surface area contributed by atoms with E-state index in [2.05, 4.69) is 60.8 Å². The van der Waals surface area contributed by atoms with Crippen LogP contribution in [0.5, 0.6) is 0 Å². The SMILES string of the molecule is CC1=C(C(=O)NCc2cn(-c3ccc(C(C)C)cc3)nn2)C(c2ccc(Cl)cc2)C2=C(CC(C)(C)CC2=O)N1. The lowest BCUT2D eigenvalue weighted by Crippen LogP contribution is -2.40. The molecule has 1 aliphatic heterocycles. The maximum Gasteiger partial charge on any atom is 0.250 e. The Morgan fingerprint density at radius 2 is 1.82 bits per heavy atom. The van der Waals surface area contributed by atoms with Gasteiger partial charge in [-0.05, 0) is 60.1 Å². The Morgan fingerprint density at radius 3 is 2.49 bits per heavy atom. The molecule has 0 saturated carbocycles. The van der Waals surface area contributed by atoms with Gasteiger partial charge in [0.1, 0.15) is 5.69 Å². The van der Waals surface area contributed by atoms with Crippen molar-refractivity contribution in [2.45, 2.75) is 65.8 Å². The van der Waals surface area contributed by atoms with Crippen LogP contribution in [0.2, 0.25) is 5.02 Å². The molecular formula is C31H34ClN5O2. The van der Waals surface area contributed by atoms with E-state index < -0.39 is 5.92 Å². The predicted molar refractivity (Wildman–Crippen MR) is 152 cm³/mol. The van der Waals surface area contributed by atoms with Crippen LogP contribution in [-0.2, 0) is 16.1 Å². The van der Waals surface area contributed by atoms with Gasteiger partial charge in [-0.3, -0.25) is 9.59 Å². The van der Waals surface area contributed by atoms with Crippen LogP contribution in [-0.4, -0.2) is 26.7 Å². The van der Waals surface area contributed by atoms with Crippen molar-refractivity contribution in [3.05, 3.63) is 99.1 Å². The van der Waals surface area contributed by atoms with E-state index in [-0.39, 0.29) is 23.7 Å². The molecule has 0 bridgehead atoms. The van der Waals surface area contributed by atoms with E-state index in [1.54, 1.807) is 16.8 Å². The Kier molecular flexibility index (Phi) is 7.21. The summed E-state index contributed by atoms with van der Waals surface area (Å²) in [6.07, 6.45) is 2.99. The maximum atomic E-state index is 13.7. The largest absolute Gasteiger partial charge is 0.362 e. The number of nitrogens with one attached hydrogen (secondary N) is 2. The third kappa shape index (κ3) is 5.55. The third-order valence-corrected chi connectivity index (χ3v) is 7.73. The molecule has 3 aromatic rings. The second-order valence-electron chi connectivity index (χ2n) is 11.6. The first-order valence-corrected chi connectivity index (χ1v) is 13.7. The van der Waals surface area contributed by atoms with Crippen LogP contribution in [0.3, 0.4) is 0 Å². The number of amides is 1. The molecule has 2 heterocycles. The summed E-state index contributed by atoms with van der Waals surface area (Å²) in [7, 11) is 0. The number of hydrogen-bond donors (Lipinski definition) is 2. The first-order valence-electron chi connectivity index (χ1n) is 13.3. The van der Waals surface area contributed by atoms with E-state index >= 15 is 0 Å². The van der Waals surface area contributed by atoms with Gasteiger partial charge in [0.15, 0.2) is 5.78 Å². The quantitative estimate of drug-likeness (QED) is 0.400. The third-order valence-electron chi connectivity index (χ3n) is 7.48. The molecule has 0 spiro atoms. The highest BCUT2D eigenvalue weighted by Gasteiger charge is 2.42. The minimum absolute atomic E-state index is 0.0675. The molecule has 1 unspecified atom stereocenters. The average Bonchev–Trinajstić information content (AvgIpc) is 3.35. The fraction of sp³-hybridized carbons (Fsp3) is 0.355. The van der Waals surface area contributed by atoms with Gasteiger partial charge in [0.05, 0.1) is 18.4 Å². The van der Waals surface area contributed by atoms with Gasteiger partial charge in [-0.15, -0.1) is 5.10 Å². The summed E-state index contributed by atoms with van der Waals surface area (Å²) in [4.78, 5) is 27.1. The van der Waals surface area contributed by atoms with Crippen molar-refractivity contribution in [2.24, 2.45) is 5.41 Å². The van der Waals surface area contributed by atoms with Crippen LogP contribution in [0.15, 0.2) is 77.3 Å². The molecule has 8 heteroatoms. The van der Waals surface area contributed by atoms with Crippen molar-refractivity contribution < 1.29 is 9.59 Å². The number of nitrogens with zero attached hydrogens (tertiary/aromatic N) is 3. The molecule has 5 rings (SSSR count). The minimum Gasteiger partial charge on any atom is -0.362 e. The van der Waals surface area contributed by atoms with E-state index in [0.717, 1.165) is 29.1 Å². The number of rotatable bonds is 6. The molecular weight excluding hydrogens is 510 g/mol. The van der Waals surface area contributed by atoms with Crippen LogP contribution >= 0.6 is 11.6 Å². The molecule has 39 heavy (non-hydrogen) atoms. The van der Waals surface area contributed by atoms with E-state index in [1.807, 2.05) is 37.4 Å². The highest BCUT2D eigenvalue weighted by atomic mass is 35.5. The van der Waals surface area contributed by atoms with E-state index in [9.17, 15) is 9.59 Å². The summed E-state index contributed by atoms with van der Waals surface area (Å²) in [6.45, 7) is 10.6. The van der Waals surface area contributed by atoms with Crippen LogP contribution in [0.4, 0.5) is 0 Å². The minimum atomic E-state index is -0.475. The van der Waals surface area contributed by atoms with E-state index in [0.29, 0.717) is 34.2 Å². The number of hydrogen-bond acceptors (Lipinski definition) is 5. The van der Waals surface area contributed by atoms with Gasteiger partial charge >= 0.3 is 0 Å². The number of aromatic nitrogens is 3. The smallest absolute Gasteiger partial charge is 0.250 e. The van der Waals surface area contributed by atoms with Crippen LogP contribution in [0.25, 0.3) is 5.69 Å². The number of halogens is 1. The Hall–Kier alpha value is -3.71. The van der Waals surface area contributed by atoms with Crippen molar-refractivity contribution in [1.29, 1.82) is 0 Å². The lowest BCUT2D eigenvalue weighted by atomic mass is 9.68. The second kappa shape index (κ2) is 10.5. The predicted octanol–water partition coefficient (Wildman–Crippen LogP) is 5.96. The topological polar surface area (TPSA) is 88.9 Å². The summed E-state index contributed by atoms with van der Waals surface area (Å²) in [6, 6.07) is 15.6. The zero-order chi connectivity index (χ0) is 27.9. The normalized spacial score (nSPS) is 18.7. The van der Waals surface area contributed by atoms with Gasteiger partial charge in [-0.2, -0.15) is 0 Å². The number of benzene rings is 2. The van der Waals surface area contributed by atoms with Crippen molar-refractivity contribution in [3.8, 4) is 5.69 Å². The first kappa shape index (κ1) is 26.9. The lowest BCUT2D eigenvalue weighted by molar-refractivity contribution is -0.118. The van der Waals surface area contributed by atoms with Gasteiger partial charge in [0.25, 0.3) is 0 Å². The summed E-state index contributed by atoms with van der Waals surface area (Å²) >= 11 is 6.17. The summed E-state index contributed by atoms with van der Waals surface area (Å²) in [5.41, 5.74) is 6.35. The number of carbonyl (C=O) groups excluding carboxylic acids is 2. The number of Topliss-reactive ketones (excluding diaryl/α,β-unsaturated/α-hetero) is 1. The first-order chi connectivity index (χ1) is 18.5. The van der Waals surface area contributed by atoms with Gasteiger partial charge in [0, 0.05) is 39.9 Å². The molecule has 0 fully saturated rings. The monoisotopic (exact) mass is 543 g/mol. The molecule has 2 aliphatic rings. The highest BCUT2D eigenvalue weighted by molar-refractivity contribution is 6.30. The van der Waals surface area contributed by atoms with Gasteiger partial charge in [0.2, 0.25) is 5.91 Å². The number of dihydropyridines is 1. The number of allylic oxidation sites excluding steroid dienone is 3. The summed E-state index contributed by atoms with van der Waals surface area (Å²) in [5, 5.41) is 15.5. The van der Waals surface area contributed by atoms with Crippen LogP contribution in [0, 0.1) is 5.41 Å².